The van der Waals surface area contributed by atoms with E-state index in [2.05, 4.69) is 34.6 Å². The molecule has 1 aliphatic heterocycles. The molecule has 1 saturated heterocycles. The van der Waals surface area contributed by atoms with E-state index in [4.69, 9.17) is 4.42 Å². The zero-order chi connectivity index (χ0) is 14.9. The highest BCUT2D eigenvalue weighted by molar-refractivity contribution is 7.13. The molecule has 0 amide bonds. The smallest absolute Gasteiger partial charge is 0.274 e. The first-order valence-electron chi connectivity index (χ1n) is 7.59. The van der Waals surface area contributed by atoms with Gasteiger partial charge < -0.3 is 9.32 Å². The second kappa shape index (κ2) is 5.95. The average Bonchev–Trinajstić information content (AvgIpc) is 3.35. The minimum absolute atomic E-state index is 0.232. The highest BCUT2D eigenvalue weighted by Crippen LogP contribution is 2.28. The Bertz CT molecular complexity index is 721. The summed E-state index contributed by atoms with van der Waals surface area (Å²) in [5.41, 5.74) is 0. The summed E-state index contributed by atoms with van der Waals surface area (Å²) in [6.07, 6.45) is 2.50. The first-order valence-corrected chi connectivity index (χ1v) is 9.35. The fourth-order valence-electron chi connectivity index (χ4n) is 3.27. The number of quaternary nitrogens is 1. The van der Waals surface area contributed by atoms with Gasteiger partial charge >= 0.3 is 0 Å². The Hall–Kier alpha value is -1.50. The molecule has 0 bridgehead atoms. The van der Waals surface area contributed by atoms with Crippen molar-refractivity contribution in [1.29, 1.82) is 0 Å². The maximum Gasteiger partial charge on any atom is 0.274 e. The number of aromatic nitrogens is 2. The van der Waals surface area contributed by atoms with Crippen molar-refractivity contribution < 1.29 is 9.32 Å². The van der Waals surface area contributed by atoms with Gasteiger partial charge in [-0.2, -0.15) is 0 Å². The second-order valence-corrected chi connectivity index (χ2v) is 7.61. The first kappa shape index (κ1) is 14.1. The van der Waals surface area contributed by atoms with Crippen LogP contribution in [0, 0.1) is 0 Å². The maximum absolute atomic E-state index is 5.94. The van der Waals surface area contributed by atoms with Crippen LogP contribution in [0.25, 0.3) is 10.8 Å². The van der Waals surface area contributed by atoms with Crippen LogP contribution in [0.15, 0.2) is 39.4 Å². The molecule has 0 spiro atoms. The zero-order valence-electron chi connectivity index (χ0n) is 12.4. The molecule has 6 heteroatoms. The van der Waals surface area contributed by atoms with Gasteiger partial charge in [0.15, 0.2) is 6.04 Å². The van der Waals surface area contributed by atoms with E-state index in [-0.39, 0.29) is 6.04 Å². The summed E-state index contributed by atoms with van der Waals surface area (Å²) in [4.78, 5) is 4.05. The van der Waals surface area contributed by atoms with Gasteiger partial charge in [0.1, 0.15) is 6.04 Å². The molecule has 1 aliphatic rings. The summed E-state index contributed by atoms with van der Waals surface area (Å²) in [6.45, 7) is 3.37. The van der Waals surface area contributed by atoms with Crippen LogP contribution in [0.5, 0.6) is 0 Å². The van der Waals surface area contributed by atoms with E-state index in [1.54, 1.807) is 16.2 Å². The van der Waals surface area contributed by atoms with E-state index in [0.717, 1.165) is 10.8 Å². The van der Waals surface area contributed by atoms with Crippen LogP contribution in [-0.4, -0.2) is 16.7 Å². The quantitative estimate of drug-likeness (QED) is 0.797. The van der Waals surface area contributed by atoms with Crippen LogP contribution in [0.1, 0.15) is 42.6 Å². The lowest BCUT2D eigenvalue weighted by Crippen LogP contribution is -3.10. The monoisotopic (exact) mass is 332 g/mol. The number of hydrogen-bond acceptors (Lipinski definition) is 5. The minimum Gasteiger partial charge on any atom is -0.414 e. The Kier molecular flexibility index (Phi) is 3.82. The fourth-order valence-corrected chi connectivity index (χ4v) is 4.82. The van der Waals surface area contributed by atoms with Gasteiger partial charge in [0, 0.05) is 12.8 Å². The molecule has 3 aromatic rings. The lowest BCUT2D eigenvalue weighted by Gasteiger charge is -2.24. The zero-order valence-corrected chi connectivity index (χ0v) is 14.0. The van der Waals surface area contributed by atoms with Crippen LogP contribution in [-0.2, 0) is 0 Å². The minimum atomic E-state index is 0.232. The number of nitrogens with one attached hydrogen (secondary N) is 1. The highest BCUT2D eigenvalue weighted by Gasteiger charge is 2.37. The lowest BCUT2D eigenvalue weighted by molar-refractivity contribution is -0.948. The van der Waals surface area contributed by atoms with Gasteiger partial charge in [0.05, 0.1) is 16.3 Å². The fraction of sp³-hybridized carbons (Fsp3) is 0.375. The van der Waals surface area contributed by atoms with E-state index in [1.807, 2.05) is 28.8 Å². The SMILES string of the molecule is C[C@@H](c1nnc(-c2cccs2)o1)[NH+]1CCC[C@@H]1c1cccs1. The Morgan fingerprint density at radius 3 is 2.86 bits per heavy atom. The first-order chi connectivity index (χ1) is 10.8. The van der Waals surface area contributed by atoms with E-state index in [0.29, 0.717) is 11.9 Å². The molecule has 0 saturated carbocycles. The Balaban J connectivity index is 1.57. The van der Waals surface area contributed by atoms with Gasteiger partial charge in [0.25, 0.3) is 11.8 Å². The summed E-state index contributed by atoms with van der Waals surface area (Å²) in [5, 5.41) is 12.7. The van der Waals surface area contributed by atoms with Crippen molar-refractivity contribution in [2.24, 2.45) is 0 Å². The summed E-state index contributed by atoms with van der Waals surface area (Å²) in [6, 6.07) is 9.21. The molecule has 114 valence electrons. The van der Waals surface area contributed by atoms with Crippen molar-refractivity contribution in [2.75, 3.05) is 6.54 Å². The molecular weight excluding hydrogens is 314 g/mol. The molecule has 4 nitrogen and oxygen atoms in total. The van der Waals surface area contributed by atoms with Crippen molar-refractivity contribution in [2.45, 2.75) is 31.8 Å². The van der Waals surface area contributed by atoms with Crippen molar-refractivity contribution in [3.63, 3.8) is 0 Å². The number of hydrogen-bond donors (Lipinski definition) is 1. The van der Waals surface area contributed by atoms with Crippen LogP contribution < -0.4 is 4.90 Å². The number of nitrogens with zero attached hydrogens (tertiary/aromatic N) is 2. The van der Waals surface area contributed by atoms with Crippen molar-refractivity contribution in [1.82, 2.24) is 10.2 Å². The van der Waals surface area contributed by atoms with Gasteiger partial charge in [-0.25, -0.2) is 0 Å². The van der Waals surface area contributed by atoms with Gasteiger partial charge in [-0.05, 0) is 29.8 Å². The van der Waals surface area contributed by atoms with Crippen LogP contribution in [0.3, 0.4) is 0 Å². The summed E-state index contributed by atoms with van der Waals surface area (Å²) in [7, 11) is 0. The standard InChI is InChI=1S/C16H17N3OS2/c1-11(15-17-18-16(20-15)14-7-4-10-22-14)19-8-2-5-12(19)13-6-3-9-21-13/h3-4,6-7,9-12H,2,5,8H2,1H3/p+1/t11-,12+/m0/s1. The molecule has 3 atom stereocenters. The van der Waals surface area contributed by atoms with E-state index in [9.17, 15) is 0 Å². The molecule has 4 rings (SSSR count). The Labute approximate surface area is 137 Å². The number of likely N-dealkylation sites (tertiary alicyclic amines) is 1. The lowest BCUT2D eigenvalue weighted by atomic mass is 10.1. The number of thiophene rings is 2. The molecule has 3 aromatic heterocycles. The van der Waals surface area contributed by atoms with Gasteiger partial charge in [-0.1, -0.05) is 12.1 Å². The molecule has 0 aromatic carbocycles. The normalized spacial score (nSPS) is 23.0. The maximum atomic E-state index is 5.94. The molecule has 22 heavy (non-hydrogen) atoms. The second-order valence-electron chi connectivity index (χ2n) is 5.68. The summed E-state index contributed by atoms with van der Waals surface area (Å²) >= 11 is 3.48. The predicted octanol–water partition coefficient (Wildman–Crippen LogP) is 3.34. The van der Waals surface area contributed by atoms with Crippen LogP contribution >= 0.6 is 22.7 Å². The number of rotatable bonds is 4. The van der Waals surface area contributed by atoms with Crippen molar-refractivity contribution >= 4 is 22.7 Å². The third-order valence-electron chi connectivity index (χ3n) is 4.39. The largest absolute Gasteiger partial charge is 0.414 e. The van der Waals surface area contributed by atoms with E-state index >= 15 is 0 Å². The van der Waals surface area contributed by atoms with Crippen LogP contribution in [0.4, 0.5) is 0 Å². The molecule has 1 N–H and O–H groups in total. The molecule has 4 heterocycles. The third-order valence-corrected chi connectivity index (χ3v) is 6.24. The Morgan fingerprint density at radius 1 is 1.23 bits per heavy atom. The molecular formula is C16H18N3OS2+. The van der Waals surface area contributed by atoms with Gasteiger partial charge in [0.2, 0.25) is 0 Å². The molecule has 1 unspecified atom stereocenters. The predicted molar refractivity (Wildman–Crippen MR) is 88.1 cm³/mol. The van der Waals surface area contributed by atoms with Crippen LogP contribution in [0.2, 0.25) is 0 Å². The third kappa shape index (κ3) is 2.51. The van der Waals surface area contributed by atoms with Gasteiger partial charge in [-0.3, -0.25) is 0 Å². The Morgan fingerprint density at radius 2 is 2.09 bits per heavy atom. The molecule has 1 fully saturated rings. The highest BCUT2D eigenvalue weighted by atomic mass is 32.1. The van der Waals surface area contributed by atoms with Crippen molar-refractivity contribution in [3.8, 4) is 10.8 Å². The van der Waals surface area contributed by atoms with Gasteiger partial charge in [-0.15, -0.1) is 32.9 Å². The average molecular weight is 332 g/mol. The van der Waals surface area contributed by atoms with E-state index < -0.39 is 0 Å². The summed E-state index contributed by atoms with van der Waals surface area (Å²) < 4.78 is 5.94. The van der Waals surface area contributed by atoms with Crippen molar-refractivity contribution in [3.05, 3.63) is 45.8 Å². The summed E-state index contributed by atoms with van der Waals surface area (Å²) in [5.74, 6) is 1.39. The molecule has 0 radical (unpaired) electrons. The van der Waals surface area contributed by atoms with E-state index in [1.165, 1.54) is 24.3 Å². The molecule has 0 aliphatic carbocycles. The topological polar surface area (TPSA) is 43.4 Å².